The van der Waals surface area contributed by atoms with Crippen LogP contribution in [0.25, 0.3) is 16.7 Å². The Kier molecular flexibility index (Phi) is 4.20. The van der Waals surface area contributed by atoms with E-state index in [9.17, 15) is 14.7 Å². The monoisotopic (exact) mass is 429 g/mol. The van der Waals surface area contributed by atoms with Gasteiger partial charge in [-0.2, -0.15) is 5.10 Å². The number of nitrogens with zero attached hydrogens (tertiary/aromatic N) is 4. The van der Waals surface area contributed by atoms with Crippen LogP contribution in [-0.2, 0) is 4.79 Å². The third-order valence-electron chi connectivity index (χ3n) is 4.77. The van der Waals surface area contributed by atoms with Crippen LogP contribution in [0.1, 0.15) is 22.0 Å². The van der Waals surface area contributed by atoms with Gasteiger partial charge in [0.15, 0.2) is 11.5 Å². The number of nitrogens with two attached hydrogens (primary N) is 1. The number of likely N-dealkylation sites (N-methyl/N-ethyl adjacent to an activating group) is 1. The molecule has 0 spiro atoms. The Morgan fingerprint density at radius 3 is 2.78 bits per heavy atom. The zero-order valence-electron chi connectivity index (χ0n) is 14.3. The van der Waals surface area contributed by atoms with Crippen molar-refractivity contribution in [3.8, 4) is 5.82 Å². The smallest absolute Gasteiger partial charge is 0.269 e. The lowest BCUT2D eigenvalue weighted by Gasteiger charge is -2.13. The zero-order chi connectivity index (χ0) is 19.3. The highest BCUT2D eigenvalue weighted by Gasteiger charge is 2.38. The molecule has 1 aliphatic heterocycles. The molecule has 1 fully saturated rings. The van der Waals surface area contributed by atoms with E-state index in [0.29, 0.717) is 23.3 Å². The second-order valence-corrected chi connectivity index (χ2v) is 7.42. The maximum Gasteiger partial charge on any atom is 0.269 e. The van der Waals surface area contributed by atoms with Gasteiger partial charge in [0.05, 0.1) is 5.52 Å². The number of carbonyl (C=O) groups is 2. The summed E-state index contributed by atoms with van der Waals surface area (Å²) >= 11 is 3.39. The Hall–Kier alpha value is -2.78. The first-order valence-corrected chi connectivity index (χ1v) is 9.03. The largest absolute Gasteiger partial charge is 0.383 e. The molecule has 3 aromatic rings. The van der Waals surface area contributed by atoms with Crippen LogP contribution in [0.4, 0.5) is 0 Å². The fraction of sp³-hybridized carbons (Fsp3) is 0.222. The van der Waals surface area contributed by atoms with Gasteiger partial charge in [0.25, 0.3) is 11.8 Å². The lowest BCUT2D eigenvalue weighted by Crippen LogP contribution is -2.25. The Morgan fingerprint density at radius 2 is 2.11 bits per heavy atom. The second kappa shape index (κ2) is 6.43. The van der Waals surface area contributed by atoms with E-state index in [0.717, 1.165) is 10.0 Å². The van der Waals surface area contributed by atoms with Gasteiger partial charge < -0.3 is 15.7 Å². The summed E-state index contributed by atoms with van der Waals surface area (Å²) in [6, 6.07) is 8.95. The number of hydrogen-bond acceptors (Lipinski definition) is 5. The van der Waals surface area contributed by atoms with Crippen molar-refractivity contribution in [1.82, 2.24) is 19.7 Å². The molecule has 0 bridgehead atoms. The van der Waals surface area contributed by atoms with E-state index in [1.807, 2.05) is 12.1 Å². The van der Waals surface area contributed by atoms with Crippen LogP contribution in [0, 0.1) is 0 Å². The van der Waals surface area contributed by atoms with E-state index >= 15 is 0 Å². The lowest BCUT2D eigenvalue weighted by atomic mass is 9.97. The zero-order valence-corrected chi connectivity index (χ0v) is 15.9. The van der Waals surface area contributed by atoms with Crippen LogP contribution < -0.4 is 5.73 Å². The number of aliphatic hydroxyl groups excluding tert-OH is 1. The van der Waals surface area contributed by atoms with Crippen molar-refractivity contribution in [3.63, 3.8) is 0 Å². The summed E-state index contributed by atoms with van der Waals surface area (Å²) in [5.41, 5.74) is 7.07. The molecule has 1 aliphatic rings. The van der Waals surface area contributed by atoms with Gasteiger partial charge in [-0.3, -0.25) is 9.59 Å². The van der Waals surface area contributed by atoms with E-state index in [2.05, 4.69) is 26.0 Å². The summed E-state index contributed by atoms with van der Waals surface area (Å²) in [5.74, 6) is -0.812. The number of carbonyl (C=O) groups excluding carboxylic acids is 2. The summed E-state index contributed by atoms with van der Waals surface area (Å²) in [6.45, 7) is 0.419. The minimum Gasteiger partial charge on any atom is -0.383 e. The molecule has 4 rings (SSSR count). The summed E-state index contributed by atoms with van der Waals surface area (Å²) < 4.78 is 2.34. The SMILES string of the molecule is CN1CC(c2ccnc(-n3nc(C(N)=O)c4cc(Br)ccc43)c2)C(O)C1=O. The molecule has 138 valence electrons. The quantitative estimate of drug-likeness (QED) is 0.648. The summed E-state index contributed by atoms with van der Waals surface area (Å²) in [6.07, 6.45) is 0.507. The molecule has 9 heteroatoms. The van der Waals surface area contributed by atoms with Crippen LogP contribution in [0.3, 0.4) is 0 Å². The van der Waals surface area contributed by atoms with Gasteiger partial charge in [-0.25, -0.2) is 9.67 Å². The van der Waals surface area contributed by atoms with Gasteiger partial charge >= 0.3 is 0 Å². The predicted octanol–water partition coefficient (Wildman–Crippen LogP) is 1.20. The van der Waals surface area contributed by atoms with Crippen molar-refractivity contribution in [1.29, 1.82) is 0 Å². The van der Waals surface area contributed by atoms with Gasteiger partial charge in [0.2, 0.25) is 0 Å². The molecule has 2 amide bonds. The molecule has 2 aromatic heterocycles. The fourth-order valence-corrected chi connectivity index (χ4v) is 3.76. The van der Waals surface area contributed by atoms with E-state index in [1.165, 1.54) is 9.58 Å². The summed E-state index contributed by atoms with van der Waals surface area (Å²) in [5, 5.41) is 15.2. The van der Waals surface area contributed by atoms with Crippen molar-refractivity contribution < 1.29 is 14.7 Å². The molecule has 0 aliphatic carbocycles. The van der Waals surface area contributed by atoms with Crippen molar-refractivity contribution in [2.75, 3.05) is 13.6 Å². The van der Waals surface area contributed by atoms with E-state index in [-0.39, 0.29) is 17.5 Å². The van der Waals surface area contributed by atoms with Crippen LogP contribution >= 0.6 is 15.9 Å². The standard InChI is InChI=1S/C18H16BrN5O3/c1-23-8-12(16(25)18(23)27)9-4-5-21-14(6-9)24-13-3-2-10(19)7-11(13)15(22-24)17(20)26/h2-7,12,16,25H,8H2,1H3,(H2,20,26). The molecule has 2 unspecified atom stereocenters. The van der Waals surface area contributed by atoms with Crippen LogP contribution in [-0.4, -0.2) is 56.3 Å². The highest BCUT2D eigenvalue weighted by atomic mass is 79.9. The number of primary amides is 1. The molecule has 1 saturated heterocycles. The number of benzene rings is 1. The highest BCUT2D eigenvalue weighted by Crippen LogP contribution is 2.30. The number of aromatic nitrogens is 3. The van der Waals surface area contributed by atoms with Crippen molar-refractivity contribution in [2.24, 2.45) is 5.73 Å². The minimum atomic E-state index is -1.09. The van der Waals surface area contributed by atoms with Gasteiger partial charge in [0, 0.05) is 35.6 Å². The van der Waals surface area contributed by atoms with Crippen molar-refractivity contribution in [3.05, 3.63) is 52.3 Å². The second-order valence-electron chi connectivity index (χ2n) is 6.50. The van der Waals surface area contributed by atoms with Crippen LogP contribution in [0.15, 0.2) is 41.0 Å². The number of amides is 2. The average molecular weight is 430 g/mol. The van der Waals surface area contributed by atoms with Gasteiger partial charge in [0.1, 0.15) is 6.10 Å². The maximum atomic E-state index is 11.9. The van der Waals surface area contributed by atoms with Crippen molar-refractivity contribution >= 4 is 38.6 Å². The third kappa shape index (κ3) is 2.88. The molecule has 2 atom stereocenters. The van der Waals surface area contributed by atoms with Gasteiger partial charge in [-0.15, -0.1) is 0 Å². The molecule has 0 saturated carbocycles. The Labute approximate surface area is 162 Å². The summed E-state index contributed by atoms with van der Waals surface area (Å²) in [7, 11) is 1.66. The van der Waals surface area contributed by atoms with Crippen LogP contribution in [0.5, 0.6) is 0 Å². The topological polar surface area (TPSA) is 114 Å². The fourth-order valence-electron chi connectivity index (χ4n) is 3.40. The number of rotatable bonds is 3. The van der Waals surface area contributed by atoms with Crippen molar-refractivity contribution in [2.45, 2.75) is 12.0 Å². The molecular formula is C18H16BrN5O3. The normalized spacial score (nSPS) is 19.8. The highest BCUT2D eigenvalue weighted by molar-refractivity contribution is 9.10. The van der Waals surface area contributed by atoms with Crippen LogP contribution in [0.2, 0.25) is 0 Å². The van der Waals surface area contributed by atoms with E-state index in [4.69, 9.17) is 5.73 Å². The Morgan fingerprint density at radius 1 is 1.33 bits per heavy atom. The molecule has 8 nitrogen and oxygen atoms in total. The first-order valence-electron chi connectivity index (χ1n) is 8.24. The Balaban J connectivity index is 1.84. The first kappa shape index (κ1) is 17.6. The first-order chi connectivity index (χ1) is 12.9. The Bertz CT molecular complexity index is 1080. The number of hydrogen-bond donors (Lipinski definition) is 2. The number of likely N-dealkylation sites (tertiary alicyclic amines) is 1. The lowest BCUT2D eigenvalue weighted by molar-refractivity contribution is -0.133. The number of aliphatic hydroxyl groups is 1. The van der Waals surface area contributed by atoms with E-state index in [1.54, 1.807) is 31.4 Å². The van der Waals surface area contributed by atoms with E-state index < -0.39 is 12.0 Å². The molecule has 3 N–H and O–H groups in total. The summed E-state index contributed by atoms with van der Waals surface area (Å²) in [4.78, 5) is 29.6. The van der Waals surface area contributed by atoms with Gasteiger partial charge in [-0.05, 0) is 35.9 Å². The number of fused-ring (bicyclic) bond motifs is 1. The minimum absolute atomic E-state index is 0.148. The average Bonchev–Trinajstić information content (AvgIpc) is 3.14. The third-order valence-corrected chi connectivity index (χ3v) is 5.26. The number of halogens is 1. The van der Waals surface area contributed by atoms with Gasteiger partial charge in [-0.1, -0.05) is 15.9 Å². The predicted molar refractivity (Wildman–Crippen MR) is 101 cm³/mol. The molecule has 3 heterocycles. The molecule has 1 aromatic carbocycles. The molecule has 0 radical (unpaired) electrons. The number of pyridine rings is 1. The molecular weight excluding hydrogens is 414 g/mol. The maximum absolute atomic E-state index is 11.9. The molecule has 27 heavy (non-hydrogen) atoms.